The number of anilines is 2. The SMILES string of the molecule is COC(=O)c1ccc(N2CCN(c3cccc(C(=O)N[C@H]4C5CC6CC4C[C@](O)(C6)C5)n3)[C@H](C)C2)cc1. The van der Waals surface area contributed by atoms with Gasteiger partial charge in [0.2, 0.25) is 0 Å². The number of piperazine rings is 1. The van der Waals surface area contributed by atoms with E-state index in [1.54, 1.807) is 18.2 Å². The van der Waals surface area contributed by atoms with Crippen molar-refractivity contribution in [2.75, 3.05) is 36.5 Å². The Kier molecular flexibility index (Phi) is 6.10. The minimum absolute atomic E-state index is 0.108. The second-order valence-corrected chi connectivity index (χ2v) is 11.6. The van der Waals surface area contributed by atoms with Gasteiger partial charge in [0.25, 0.3) is 5.91 Å². The molecule has 2 unspecified atom stereocenters. The van der Waals surface area contributed by atoms with E-state index in [-0.39, 0.29) is 24.0 Å². The van der Waals surface area contributed by atoms with Crippen molar-refractivity contribution in [3.63, 3.8) is 0 Å². The number of benzene rings is 1. The first-order valence-corrected chi connectivity index (χ1v) is 13.5. The van der Waals surface area contributed by atoms with Crippen molar-refractivity contribution in [2.45, 2.75) is 56.7 Å². The Morgan fingerprint density at radius 2 is 1.78 bits per heavy atom. The van der Waals surface area contributed by atoms with Gasteiger partial charge in [-0.1, -0.05) is 6.07 Å². The molecule has 2 heterocycles. The molecule has 196 valence electrons. The molecule has 5 aliphatic rings. The van der Waals surface area contributed by atoms with Crippen molar-refractivity contribution in [2.24, 2.45) is 17.8 Å². The van der Waals surface area contributed by atoms with Crippen LogP contribution in [0.3, 0.4) is 0 Å². The largest absolute Gasteiger partial charge is 0.465 e. The third-order valence-electron chi connectivity index (χ3n) is 9.08. The summed E-state index contributed by atoms with van der Waals surface area (Å²) in [5.74, 6) is 1.74. The molecule has 2 N–H and O–H groups in total. The van der Waals surface area contributed by atoms with Gasteiger partial charge in [-0.3, -0.25) is 4.79 Å². The first-order chi connectivity index (χ1) is 17.8. The smallest absolute Gasteiger partial charge is 0.337 e. The number of hydrogen-bond acceptors (Lipinski definition) is 7. The average molecular weight is 505 g/mol. The number of hydrogen-bond donors (Lipinski definition) is 2. The van der Waals surface area contributed by atoms with E-state index in [2.05, 4.69) is 22.0 Å². The van der Waals surface area contributed by atoms with E-state index >= 15 is 0 Å². The molecule has 0 radical (unpaired) electrons. The third kappa shape index (κ3) is 4.56. The monoisotopic (exact) mass is 504 g/mol. The van der Waals surface area contributed by atoms with Crippen LogP contribution in [0.25, 0.3) is 0 Å². The molecule has 1 aromatic carbocycles. The molecule has 8 heteroatoms. The van der Waals surface area contributed by atoms with Crippen LogP contribution in [-0.4, -0.2) is 66.4 Å². The molecule has 1 amide bonds. The Morgan fingerprint density at radius 3 is 2.43 bits per heavy atom. The minimum atomic E-state index is -0.502. The summed E-state index contributed by atoms with van der Waals surface area (Å²) < 4.78 is 4.79. The van der Waals surface area contributed by atoms with Crippen LogP contribution in [0, 0.1) is 17.8 Å². The van der Waals surface area contributed by atoms with E-state index < -0.39 is 5.60 Å². The molecule has 1 saturated heterocycles. The summed E-state index contributed by atoms with van der Waals surface area (Å²) in [4.78, 5) is 34.3. The fourth-order valence-corrected chi connectivity index (χ4v) is 7.61. The summed E-state index contributed by atoms with van der Waals surface area (Å²) in [6.45, 7) is 4.58. The number of aliphatic hydroxyl groups is 1. The Morgan fingerprint density at radius 1 is 1.05 bits per heavy atom. The number of ether oxygens (including phenoxy) is 1. The summed E-state index contributed by atoms with van der Waals surface area (Å²) in [6.07, 6.45) is 4.79. The number of carbonyl (C=O) groups excluding carboxylic acids is 2. The van der Waals surface area contributed by atoms with Crippen LogP contribution < -0.4 is 15.1 Å². The number of nitrogens with one attached hydrogen (secondary N) is 1. The van der Waals surface area contributed by atoms with Gasteiger partial charge in [-0.2, -0.15) is 0 Å². The quantitative estimate of drug-likeness (QED) is 0.604. The predicted octanol–water partition coefficient (Wildman–Crippen LogP) is 3.25. The lowest BCUT2D eigenvalue weighted by Gasteiger charge is -2.58. The molecule has 1 aromatic heterocycles. The van der Waals surface area contributed by atoms with Gasteiger partial charge in [0.15, 0.2) is 0 Å². The van der Waals surface area contributed by atoms with Crippen LogP contribution in [0.2, 0.25) is 0 Å². The Bertz CT molecular complexity index is 1170. The highest BCUT2D eigenvalue weighted by Gasteiger charge is 2.55. The number of carbonyl (C=O) groups is 2. The highest BCUT2D eigenvalue weighted by atomic mass is 16.5. The molecule has 8 nitrogen and oxygen atoms in total. The molecule has 4 bridgehead atoms. The lowest BCUT2D eigenvalue weighted by atomic mass is 9.52. The summed E-state index contributed by atoms with van der Waals surface area (Å²) in [5, 5.41) is 14.2. The van der Waals surface area contributed by atoms with Crippen molar-refractivity contribution < 1.29 is 19.4 Å². The van der Waals surface area contributed by atoms with Crippen molar-refractivity contribution in [3.8, 4) is 0 Å². The molecule has 1 aliphatic heterocycles. The summed E-state index contributed by atoms with van der Waals surface area (Å²) in [5.41, 5.74) is 1.57. The fraction of sp³-hybridized carbons (Fsp3) is 0.552. The topological polar surface area (TPSA) is 95.0 Å². The molecular weight excluding hydrogens is 468 g/mol. The van der Waals surface area contributed by atoms with Gasteiger partial charge in [-0.15, -0.1) is 0 Å². The maximum absolute atomic E-state index is 13.3. The Balaban J connectivity index is 1.10. The van der Waals surface area contributed by atoms with Gasteiger partial charge >= 0.3 is 5.97 Å². The number of esters is 1. The van der Waals surface area contributed by atoms with Crippen molar-refractivity contribution >= 4 is 23.4 Å². The fourth-order valence-electron chi connectivity index (χ4n) is 7.61. The van der Waals surface area contributed by atoms with Gasteiger partial charge in [-0.05, 0) is 93.2 Å². The molecular formula is C29H36N4O4. The van der Waals surface area contributed by atoms with Gasteiger partial charge < -0.3 is 25.0 Å². The zero-order chi connectivity index (χ0) is 25.7. The molecule has 7 rings (SSSR count). The number of pyridine rings is 1. The maximum Gasteiger partial charge on any atom is 0.337 e. The third-order valence-corrected chi connectivity index (χ3v) is 9.08. The number of nitrogens with zero attached hydrogens (tertiary/aromatic N) is 3. The zero-order valence-corrected chi connectivity index (χ0v) is 21.6. The van der Waals surface area contributed by atoms with E-state index in [1.807, 2.05) is 24.3 Å². The lowest BCUT2D eigenvalue weighted by molar-refractivity contribution is -0.136. The molecule has 5 fully saturated rings. The van der Waals surface area contributed by atoms with Gasteiger partial charge in [0, 0.05) is 37.4 Å². The van der Waals surface area contributed by atoms with Crippen LogP contribution in [0.5, 0.6) is 0 Å². The molecule has 4 aliphatic carbocycles. The first-order valence-electron chi connectivity index (χ1n) is 13.5. The first kappa shape index (κ1) is 24.2. The molecule has 2 aromatic rings. The highest BCUT2D eigenvalue weighted by Crippen LogP contribution is 2.55. The van der Waals surface area contributed by atoms with Crippen LogP contribution >= 0.6 is 0 Å². The Labute approximate surface area is 218 Å². The molecule has 37 heavy (non-hydrogen) atoms. The van der Waals surface area contributed by atoms with E-state index in [4.69, 9.17) is 9.72 Å². The van der Waals surface area contributed by atoms with Crippen LogP contribution in [0.1, 0.15) is 59.9 Å². The van der Waals surface area contributed by atoms with Crippen molar-refractivity contribution in [1.82, 2.24) is 10.3 Å². The van der Waals surface area contributed by atoms with Crippen LogP contribution in [-0.2, 0) is 4.74 Å². The number of rotatable bonds is 5. The highest BCUT2D eigenvalue weighted by molar-refractivity contribution is 5.93. The summed E-state index contributed by atoms with van der Waals surface area (Å²) in [6, 6.07) is 13.5. The van der Waals surface area contributed by atoms with Gasteiger partial charge in [-0.25, -0.2) is 9.78 Å². The number of amides is 1. The normalized spacial score (nSPS) is 32.4. The molecule has 0 spiro atoms. The van der Waals surface area contributed by atoms with Gasteiger partial charge in [0.1, 0.15) is 11.5 Å². The number of aromatic nitrogens is 1. The predicted molar refractivity (Wildman–Crippen MR) is 141 cm³/mol. The maximum atomic E-state index is 13.3. The standard InChI is InChI=1S/C29H36N4O4/c1-18-17-32(23-8-6-20(7-9-23)28(35)37-2)10-11-33(18)25-5-3-4-24(30-25)27(34)31-26-21-12-19-13-22(26)16-29(36,14-19)15-21/h3-9,18-19,21-22,26,36H,10-17H2,1-2H3,(H,31,34)/t18-,19?,21?,22?,26-,29-/m1/s1. The molecule has 4 saturated carbocycles. The zero-order valence-electron chi connectivity index (χ0n) is 21.6. The van der Waals surface area contributed by atoms with Crippen molar-refractivity contribution in [3.05, 3.63) is 53.7 Å². The second kappa shape index (κ2) is 9.31. The van der Waals surface area contributed by atoms with E-state index in [0.717, 1.165) is 63.2 Å². The minimum Gasteiger partial charge on any atom is -0.465 e. The van der Waals surface area contributed by atoms with Crippen LogP contribution in [0.4, 0.5) is 11.5 Å². The summed E-state index contributed by atoms with van der Waals surface area (Å²) >= 11 is 0. The second-order valence-electron chi connectivity index (χ2n) is 11.6. The Hall–Kier alpha value is -3.13. The average Bonchev–Trinajstić information content (AvgIpc) is 2.89. The van der Waals surface area contributed by atoms with E-state index in [1.165, 1.54) is 7.11 Å². The van der Waals surface area contributed by atoms with Gasteiger partial charge in [0.05, 0.1) is 18.3 Å². The molecule has 3 atom stereocenters. The van der Waals surface area contributed by atoms with E-state index in [9.17, 15) is 14.7 Å². The van der Waals surface area contributed by atoms with Crippen molar-refractivity contribution in [1.29, 1.82) is 0 Å². The lowest BCUT2D eigenvalue weighted by Crippen LogP contribution is -2.61. The summed E-state index contributed by atoms with van der Waals surface area (Å²) in [7, 11) is 1.39. The number of methoxy groups -OCH3 is 1. The van der Waals surface area contributed by atoms with E-state index in [0.29, 0.717) is 29.0 Å². The van der Waals surface area contributed by atoms with Crippen LogP contribution in [0.15, 0.2) is 42.5 Å².